The average molecular weight is 332 g/mol. The molecule has 0 aliphatic carbocycles. The van der Waals surface area contributed by atoms with Gasteiger partial charge in [0.2, 0.25) is 5.91 Å². The molecule has 2 heterocycles. The van der Waals surface area contributed by atoms with E-state index in [0.717, 1.165) is 26.2 Å². The monoisotopic (exact) mass is 332 g/mol. The van der Waals surface area contributed by atoms with Crippen LogP contribution in [0.5, 0.6) is 0 Å². The number of hydrogen-bond donors (Lipinski definition) is 1. The third-order valence-electron chi connectivity index (χ3n) is 5.25. The molecule has 3 atom stereocenters. The molecule has 0 radical (unpaired) electrons. The maximum absolute atomic E-state index is 11.6. The molecule has 3 rings (SSSR count). The molecular weight excluding hydrogens is 304 g/mol. The van der Waals surface area contributed by atoms with Crippen molar-refractivity contribution in [3.05, 3.63) is 34.9 Å². The number of nitrogens with one attached hydrogen (secondary N) is 1. The fraction of sp³-hybridized carbons (Fsp3) is 0.632. The van der Waals surface area contributed by atoms with Crippen molar-refractivity contribution in [2.75, 3.05) is 40.0 Å². The summed E-state index contributed by atoms with van der Waals surface area (Å²) in [5.41, 5.74) is 4.06. The molecule has 24 heavy (non-hydrogen) atoms. The van der Waals surface area contributed by atoms with E-state index in [4.69, 9.17) is 9.47 Å². The number of benzene rings is 1. The lowest BCUT2D eigenvalue weighted by Gasteiger charge is -2.21. The number of rotatable bonds is 6. The maximum Gasteiger partial charge on any atom is 0.245 e. The first-order chi connectivity index (χ1) is 11.6. The molecule has 2 saturated heterocycles. The molecule has 1 aromatic rings. The Hall–Kier alpha value is -1.43. The summed E-state index contributed by atoms with van der Waals surface area (Å²) >= 11 is 0. The molecule has 2 aliphatic heterocycles. The highest BCUT2D eigenvalue weighted by atomic mass is 16.5. The van der Waals surface area contributed by atoms with Crippen molar-refractivity contribution < 1.29 is 14.3 Å². The second-order valence-corrected chi connectivity index (χ2v) is 7.16. The van der Waals surface area contributed by atoms with Gasteiger partial charge in [0.1, 0.15) is 6.61 Å². The van der Waals surface area contributed by atoms with E-state index in [9.17, 15) is 4.79 Å². The van der Waals surface area contributed by atoms with E-state index in [-0.39, 0.29) is 12.5 Å². The SMILES string of the molecule is COCC(=O)NC[C@@H]1CO[C@@H]2CN(Cc3cc(C)ccc3C)C[C@H]12. The summed E-state index contributed by atoms with van der Waals surface area (Å²) in [4.78, 5) is 14.1. The predicted molar refractivity (Wildman–Crippen MR) is 92.8 cm³/mol. The summed E-state index contributed by atoms with van der Waals surface area (Å²) in [6.07, 6.45) is 0.305. The molecule has 2 fully saturated rings. The second kappa shape index (κ2) is 7.64. The Morgan fingerprint density at radius 1 is 1.38 bits per heavy atom. The van der Waals surface area contributed by atoms with Gasteiger partial charge in [-0.05, 0) is 25.0 Å². The summed E-state index contributed by atoms with van der Waals surface area (Å²) in [6, 6.07) is 6.65. The Labute approximate surface area is 144 Å². The van der Waals surface area contributed by atoms with Gasteiger partial charge < -0.3 is 14.8 Å². The van der Waals surface area contributed by atoms with Crippen LogP contribution in [0.1, 0.15) is 16.7 Å². The van der Waals surface area contributed by atoms with Crippen LogP contribution in [-0.4, -0.2) is 56.9 Å². The number of likely N-dealkylation sites (tertiary alicyclic amines) is 1. The molecular formula is C19H28N2O3. The van der Waals surface area contributed by atoms with E-state index >= 15 is 0 Å². The Kier molecular flexibility index (Phi) is 5.54. The number of aryl methyl sites for hydroxylation is 2. The first kappa shape index (κ1) is 17.4. The van der Waals surface area contributed by atoms with E-state index in [1.807, 2.05) is 0 Å². The second-order valence-electron chi connectivity index (χ2n) is 7.16. The van der Waals surface area contributed by atoms with Crippen LogP contribution in [0.15, 0.2) is 18.2 Å². The average Bonchev–Trinajstić information content (AvgIpc) is 3.09. The molecule has 1 amide bonds. The molecule has 0 aromatic heterocycles. The van der Waals surface area contributed by atoms with Gasteiger partial charge in [-0.2, -0.15) is 0 Å². The zero-order chi connectivity index (χ0) is 17.1. The van der Waals surface area contributed by atoms with Gasteiger partial charge in [0, 0.05) is 45.1 Å². The fourth-order valence-corrected chi connectivity index (χ4v) is 3.86. The van der Waals surface area contributed by atoms with Crippen molar-refractivity contribution in [2.45, 2.75) is 26.5 Å². The van der Waals surface area contributed by atoms with E-state index in [2.05, 4.69) is 42.3 Å². The van der Waals surface area contributed by atoms with Crippen molar-refractivity contribution in [1.29, 1.82) is 0 Å². The van der Waals surface area contributed by atoms with Gasteiger partial charge in [-0.3, -0.25) is 9.69 Å². The number of hydrogen-bond acceptors (Lipinski definition) is 4. The van der Waals surface area contributed by atoms with Gasteiger partial charge in [-0.15, -0.1) is 0 Å². The highest BCUT2D eigenvalue weighted by molar-refractivity contribution is 5.77. The predicted octanol–water partition coefficient (Wildman–Crippen LogP) is 1.51. The minimum Gasteiger partial charge on any atom is -0.376 e. The summed E-state index contributed by atoms with van der Waals surface area (Å²) in [5.74, 6) is 0.864. The maximum atomic E-state index is 11.6. The highest BCUT2D eigenvalue weighted by Gasteiger charge is 2.43. The van der Waals surface area contributed by atoms with Crippen molar-refractivity contribution >= 4 is 5.91 Å². The first-order valence-electron chi connectivity index (χ1n) is 8.72. The van der Waals surface area contributed by atoms with Crippen molar-refractivity contribution in [2.24, 2.45) is 11.8 Å². The molecule has 1 aromatic carbocycles. The van der Waals surface area contributed by atoms with Crippen LogP contribution >= 0.6 is 0 Å². The third kappa shape index (κ3) is 3.97. The lowest BCUT2D eigenvalue weighted by atomic mass is 9.93. The van der Waals surface area contributed by atoms with Crippen LogP contribution in [0.2, 0.25) is 0 Å². The zero-order valence-electron chi connectivity index (χ0n) is 14.9. The molecule has 5 heteroatoms. The van der Waals surface area contributed by atoms with E-state index < -0.39 is 0 Å². The van der Waals surface area contributed by atoms with Gasteiger partial charge in [0.15, 0.2) is 0 Å². The van der Waals surface area contributed by atoms with Crippen LogP contribution in [0.3, 0.4) is 0 Å². The first-order valence-corrected chi connectivity index (χ1v) is 8.72. The molecule has 0 unspecified atom stereocenters. The van der Waals surface area contributed by atoms with Gasteiger partial charge in [0.05, 0.1) is 12.7 Å². The van der Waals surface area contributed by atoms with E-state index in [1.54, 1.807) is 0 Å². The Bertz CT molecular complexity index is 590. The van der Waals surface area contributed by atoms with Crippen LogP contribution in [0.4, 0.5) is 0 Å². The number of amides is 1. The van der Waals surface area contributed by atoms with Crippen molar-refractivity contribution in [3.63, 3.8) is 0 Å². The van der Waals surface area contributed by atoms with Crippen LogP contribution in [0.25, 0.3) is 0 Å². The number of methoxy groups -OCH3 is 1. The van der Waals surface area contributed by atoms with Gasteiger partial charge in [0.25, 0.3) is 0 Å². The summed E-state index contributed by atoms with van der Waals surface area (Å²) in [6.45, 7) is 8.89. The quantitative estimate of drug-likeness (QED) is 0.858. The van der Waals surface area contributed by atoms with Gasteiger partial charge >= 0.3 is 0 Å². The molecule has 0 spiro atoms. The molecule has 0 bridgehead atoms. The van der Waals surface area contributed by atoms with Gasteiger partial charge in [-0.1, -0.05) is 23.8 Å². The largest absolute Gasteiger partial charge is 0.376 e. The minimum absolute atomic E-state index is 0.0498. The number of ether oxygens (including phenoxy) is 2. The molecule has 2 aliphatic rings. The third-order valence-corrected chi connectivity index (χ3v) is 5.25. The summed E-state index contributed by atoms with van der Waals surface area (Å²) in [7, 11) is 1.54. The lowest BCUT2D eigenvalue weighted by molar-refractivity contribution is -0.124. The Morgan fingerprint density at radius 3 is 3.00 bits per heavy atom. The van der Waals surface area contributed by atoms with E-state index in [1.165, 1.54) is 23.8 Å². The normalized spacial score (nSPS) is 26.5. The topological polar surface area (TPSA) is 50.8 Å². The number of nitrogens with zero attached hydrogens (tertiary/aromatic N) is 1. The van der Waals surface area contributed by atoms with Crippen LogP contribution in [0, 0.1) is 25.7 Å². The van der Waals surface area contributed by atoms with Crippen molar-refractivity contribution in [3.8, 4) is 0 Å². The Morgan fingerprint density at radius 2 is 2.21 bits per heavy atom. The Balaban J connectivity index is 1.54. The zero-order valence-corrected chi connectivity index (χ0v) is 14.9. The number of fused-ring (bicyclic) bond motifs is 1. The minimum atomic E-state index is -0.0498. The van der Waals surface area contributed by atoms with E-state index in [0.29, 0.717) is 24.5 Å². The summed E-state index contributed by atoms with van der Waals surface area (Å²) in [5, 5.41) is 2.96. The fourth-order valence-electron chi connectivity index (χ4n) is 3.86. The van der Waals surface area contributed by atoms with Crippen molar-refractivity contribution in [1.82, 2.24) is 10.2 Å². The molecule has 132 valence electrons. The molecule has 1 N–H and O–H groups in total. The lowest BCUT2D eigenvalue weighted by Crippen LogP contribution is -2.35. The molecule has 5 nitrogen and oxygen atoms in total. The van der Waals surface area contributed by atoms with Gasteiger partial charge in [-0.25, -0.2) is 0 Å². The van der Waals surface area contributed by atoms with Crippen LogP contribution < -0.4 is 5.32 Å². The standard InChI is InChI=1S/C19H28N2O3/c1-13-4-5-14(2)15(6-13)8-21-9-17-16(11-24-18(17)10-21)7-20-19(22)12-23-3/h4-6,16-18H,7-12H2,1-3H3,(H,20,22)/t16-,17-,18-/m1/s1. The smallest absolute Gasteiger partial charge is 0.245 e. The number of carbonyl (C=O) groups excluding carboxylic acids is 1. The number of carbonyl (C=O) groups is 1. The van der Waals surface area contributed by atoms with Crippen LogP contribution in [-0.2, 0) is 20.8 Å². The molecule has 0 saturated carbocycles. The summed E-state index contributed by atoms with van der Waals surface area (Å²) < 4.78 is 10.8. The highest BCUT2D eigenvalue weighted by Crippen LogP contribution is 2.34.